The van der Waals surface area contributed by atoms with E-state index in [2.05, 4.69) is 20.5 Å². The average molecular weight is 241 g/mol. The molecule has 7 nitrogen and oxygen atoms in total. The van der Waals surface area contributed by atoms with Crippen molar-refractivity contribution in [1.29, 1.82) is 0 Å². The highest BCUT2D eigenvalue weighted by molar-refractivity contribution is 8.14. The molecule has 1 atom stereocenters. The molecule has 2 N–H and O–H groups in total. The van der Waals surface area contributed by atoms with Crippen molar-refractivity contribution in [3.63, 3.8) is 0 Å². The van der Waals surface area contributed by atoms with Crippen molar-refractivity contribution < 1.29 is 9.59 Å². The molecule has 16 heavy (non-hydrogen) atoms. The maximum absolute atomic E-state index is 11.9. The van der Waals surface area contributed by atoms with E-state index in [1.54, 1.807) is 7.05 Å². The molecule has 1 aliphatic rings. The lowest BCUT2D eigenvalue weighted by Gasteiger charge is -2.19. The lowest BCUT2D eigenvalue weighted by Crippen LogP contribution is -2.43. The molecule has 1 aromatic heterocycles. The number of amides is 2. The molecule has 2 rings (SSSR count). The first-order valence-corrected chi connectivity index (χ1v) is 5.68. The van der Waals surface area contributed by atoms with E-state index in [0.29, 0.717) is 18.1 Å². The van der Waals surface area contributed by atoms with Crippen LogP contribution in [0.25, 0.3) is 0 Å². The Labute approximate surface area is 96.0 Å². The van der Waals surface area contributed by atoms with Gasteiger partial charge in [0.05, 0.1) is 6.54 Å². The molecule has 0 aromatic carbocycles. The van der Waals surface area contributed by atoms with Crippen molar-refractivity contribution in [2.75, 3.05) is 12.8 Å². The molecule has 2 heterocycles. The van der Waals surface area contributed by atoms with Gasteiger partial charge >= 0.3 is 0 Å². The average Bonchev–Trinajstić information content (AvgIpc) is 2.88. The molecule has 1 saturated heterocycles. The van der Waals surface area contributed by atoms with Gasteiger partial charge in [0.1, 0.15) is 18.2 Å². The quantitative estimate of drug-likeness (QED) is 0.750. The smallest absolute Gasteiger partial charge is 0.279 e. The molecule has 86 valence electrons. The highest BCUT2D eigenvalue weighted by Crippen LogP contribution is 2.14. The molecule has 1 fully saturated rings. The standard InChI is InChI=1S/C8H11N5O2S/c1-13(2-6-9-4-10-12-6)7(14)5-3-16-8(15)11-5/h4-5H,2-3H2,1H3,(H,11,15)(H,9,10,12). The largest absolute Gasteiger partial charge is 0.336 e. The van der Waals surface area contributed by atoms with E-state index < -0.39 is 6.04 Å². The van der Waals surface area contributed by atoms with Crippen LogP contribution in [0.1, 0.15) is 5.82 Å². The molecule has 1 aliphatic heterocycles. The first kappa shape index (κ1) is 10.9. The Hall–Kier alpha value is -1.57. The molecule has 0 saturated carbocycles. The second-order valence-electron chi connectivity index (χ2n) is 3.42. The van der Waals surface area contributed by atoms with Gasteiger partial charge in [-0.25, -0.2) is 4.98 Å². The van der Waals surface area contributed by atoms with Crippen LogP contribution in [0.5, 0.6) is 0 Å². The third kappa shape index (κ3) is 2.32. The molecule has 0 bridgehead atoms. The minimum atomic E-state index is -0.426. The Kier molecular flexibility index (Phi) is 3.09. The molecule has 8 heteroatoms. The summed E-state index contributed by atoms with van der Waals surface area (Å²) in [6.07, 6.45) is 1.39. The van der Waals surface area contributed by atoms with Gasteiger partial charge in [0.2, 0.25) is 5.91 Å². The lowest BCUT2D eigenvalue weighted by atomic mass is 10.3. The van der Waals surface area contributed by atoms with Gasteiger partial charge in [-0.05, 0) is 0 Å². The van der Waals surface area contributed by atoms with Crippen molar-refractivity contribution in [2.24, 2.45) is 0 Å². The normalized spacial score (nSPS) is 19.6. The first-order valence-electron chi connectivity index (χ1n) is 4.69. The maximum Gasteiger partial charge on any atom is 0.279 e. The second-order valence-corrected chi connectivity index (χ2v) is 4.41. The topological polar surface area (TPSA) is 91.0 Å². The van der Waals surface area contributed by atoms with E-state index in [0.717, 1.165) is 11.8 Å². The van der Waals surface area contributed by atoms with Gasteiger partial charge in [-0.2, -0.15) is 5.10 Å². The predicted octanol–water partition coefficient (Wildman–Crippen LogP) is -0.412. The number of aromatic amines is 1. The molecule has 1 unspecified atom stereocenters. The van der Waals surface area contributed by atoms with Crippen LogP contribution in [-0.4, -0.2) is 50.1 Å². The van der Waals surface area contributed by atoms with Crippen LogP contribution in [0.2, 0.25) is 0 Å². The van der Waals surface area contributed by atoms with Crippen molar-refractivity contribution >= 4 is 22.9 Å². The number of likely N-dealkylation sites (N-methyl/N-ethyl adjacent to an activating group) is 1. The fourth-order valence-corrected chi connectivity index (χ4v) is 2.16. The van der Waals surface area contributed by atoms with Gasteiger partial charge in [-0.15, -0.1) is 0 Å². The number of carbonyl (C=O) groups is 2. The van der Waals surface area contributed by atoms with E-state index in [9.17, 15) is 9.59 Å². The van der Waals surface area contributed by atoms with Gasteiger partial charge in [0, 0.05) is 12.8 Å². The van der Waals surface area contributed by atoms with E-state index in [1.807, 2.05) is 0 Å². The predicted molar refractivity (Wildman–Crippen MR) is 57.6 cm³/mol. The summed E-state index contributed by atoms with van der Waals surface area (Å²) in [6, 6.07) is -0.426. The van der Waals surface area contributed by atoms with Gasteiger partial charge in [-0.1, -0.05) is 11.8 Å². The zero-order chi connectivity index (χ0) is 11.5. The van der Waals surface area contributed by atoms with E-state index in [4.69, 9.17) is 0 Å². The molecular weight excluding hydrogens is 230 g/mol. The summed E-state index contributed by atoms with van der Waals surface area (Å²) in [6.45, 7) is 0.357. The number of hydrogen-bond acceptors (Lipinski definition) is 5. The third-order valence-corrected chi connectivity index (χ3v) is 3.08. The van der Waals surface area contributed by atoms with Crippen LogP contribution < -0.4 is 5.32 Å². The molecule has 0 radical (unpaired) electrons. The summed E-state index contributed by atoms with van der Waals surface area (Å²) in [5.74, 6) is 0.987. The van der Waals surface area contributed by atoms with Crippen molar-refractivity contribution in [3.8, 4) is 0 Å². The van der Waals surface area contributed by atoms with Crippen LogP contribution in [0, 0.1) is 0 Å². The summed E-state index contributed by atoms with van der Waals surface area (Å²) in [5, 5.41) is 8.82. The first-order chi connectivity index (χ1) is 7.66. The summed E-state index contributed by atoms with van der Waals surface area (Å²) < 4.78 is 0. The number of hydrogen-bond donors (Lipinski definition) is 2. The fourth-order valence-electron chi connectivity index (χ4n) is 1.39. The summed E-state index contributed by atoms with van der Waals surface area (Å²) in [7, 11) is 1.67. The number of nitrogens with zero attached hydrogens (tertiary/aromatic N) is 3. The van der Waals surface area contributed by atoms with Crippen molar-refractivity contribution in [1.82, 2.24) is 25.4 Å². The second kappa shape index (κ2) is 4.52. The minimum absolute atomic E-state index is 0.116. The van der Waals surface area contributed by atoms with Crippen LogP contribution in [0.3, 0.4) is 0 Å². The fraction of sp³-hybridized carbons (Fsp3) is 0.500. The molecule has 0 spiro atoms. The SMILES string of the molecule is CN(Cc1ncn[nH]1)C(=O)C1CSC(=O)N1. The Bertz CT molecular complexity index is 393. The Morgan fingerprint density at radius 3 is 3.12 bits per heavy atom. The highest BCUT2D eigenvalue weighted by atomic mass is 32.2. The Balaban J connectivity index is 1.92. The van der Waals surface area contributed by atoms with Crippen LogP contribution in [-0.2, 0) is 11.3 Å². The summed E-state index contributed by atoms with van der Waals surface area (Å²) in [5.41, 5.74) is 0. The van der Waals surface area contributed by atoms with Crippen LogP contribution >= 0.6 is 11.8 Å². The maximum atomic E-state index is 11.9. The number of nitrogens with one attached hydrogen (secondary N) is 2. The third-order valence-electron chi connectivity index (χ3n) is 2.20. The van der Waals surface area contributed by atoms with Crippen molar-refractivity contribution in [3.05, 3.63) is 12.2 Å². The molecule has 2 amide bonds. The van der Waals surface area contributed by atoms with Crippen LogP contribution in [0.4, 0.5) is 4.79 Å². The highest BCUT2D eigenvalue weighted by Gasteiger charge is 2.30. The van der Waals surface area contributed by atoms with Crippen LogP contribution in [0.15, 0.2) is 6.33 Å². The Morgan fingerprint density at radius 2 is 2.56 bits per heavy atom. The van der Waals surface area contributed by atoms with E-state index >= 15 is 0 Å². The molecular formula is C8H11N5O2S. The Morgan fingerprint density at radius 1 is 1.75 bits per heavy atom. The molecule has 0 aliphatic carbocycles. The summed E-state index contributed by atoms with van der Waals surface area (Å²) in [4.78, 5) is 28.2. The monoisotopic (exact) mass is 241 g/mol. The van der Waals surface area contributed by atoms with Gasteiger partial charge in [0.25, 0.3) is 5.24 Å². The van der Waals surface area contributed by atoms with E-state index in [1.165, 1.54) is 11.2 Å². The lowest BCUT2D eigenvalue weighted by molar-refractivity contribution is -0.131. The van der Waals surface area contributed by atoms with E-state index in [-0.39, 0.29) is 11.1 Å². The minimum Gasteiger partial charge on any atom is -0.336 e. The summed E-state index contributed by atoms with van der Waals surface area (Å²) >= 11 is 1.13. The van der Waals surface area contributed by atoms with Gasteiger partial charge < -0.3 is 10.2 Å². The van der Waals surface area contributed by atoms with Crippen molar-refractivity contribution in [2.45, 2.75) is 12.6 Å². The zero-order valence-corrected chi connectivity index (χ0v) is 9.45. The van der Waals surface area contributed by atoms with Gasteiger partial charge in [-0.3, -0.25) is 14.7 Å². The number of thioether (sulfide) groups is 1. The number of carbonyl (C=O) groups excluding carboxylic acids is 2. The number of rotatable bonds is 3. The number of H-pyrrole nitrogens is 1. The molecule has 1 aromatic rings. The van der Waals surface area contributed by atoms with Gasteiger partial charge in [0.15, 0.2) is 0 Å². The zero-order valence-electron chi connectivity index (χ0n) is 8.64. The number of aromatic nitrogens is 3.